The van der Waals surface area contributed by atoms with Gasteiger partial charge >= 0.3 is 0 Å². The van der Waals surface area contributed by atoms with Crippen molar-refractivity contribution >= 4 is 23.3 Å². The Bertz CT molecular complexity index is 902. The van der Waals surface area contributed by atoms with E-state index in [9.17, 15) is 4.79 Å². The second-order valence-electron chi connectivity index (χ2n) is 6.44. The number of amides is 1. The molecule has 3 aromatic rings. The average Bonchev–Trinajstić information content (AvgIpc) is 2.72. The molecule has 0 spiro atoms. The van der Waals surface area contributed by atoms with Crippen LogP contribution < -0.4 is 10.6 Å². The molecule has 0 radical (unpaired) electrons. The molecule has 1 aromatic heterocycles. The van der Waals surface area contributed by atoms with E-state index in [1.807, 2.05) is 42.5 Å². The first-order valence-electron chi connectivity index (χ1n) is 9.33. The average molecular weight is 395 g/mol. The Balaban J connectivity index is 1.43. The third-order valence-corrected chi connectivity index (χ3v) is 4.51. The maximum Gasteiger partial charge on any atom is 0.270 e. The minimum Gasteiger partial charge on any atom is -0.370 e. The van der Waals surface area contributed by atoms with Crippen LogP contribution in [-0.2, 0) is 12.8 Å². The molecule has 0 unspecified atom stereocenters. The van der Waals surface area contributed by atoms with E-state index in [-0.39, 0.29) is 5.91 Å². The molecule has 0 aliphatic carbocycles. The van der Waals surface area contributed by atoms with Gasteiger partial charge in [-0.15, -0.1) is 0 Å². The zero-order valence-corrected chi connectivity index (χ0v) is 16.3. The van der Waals surface area contributed by atoms with Gasteiger partial charge in [0.05, 0.1) is 0 Å². The molecule has 0 bridgehead atoms. The van der Waals surface area contributed by atoms with Gasteiger partial charge in [0.1, 0.15) is 17.8 Å². The topological polar surface area (TPSA) is 66.9 Å². The zero-order valence-electron chi connectivity index (χ0n) is 15.6. The van der Waals surface area contributed by atoms with E-state index in [2.05, 4.69) is 32.7 Å². The molecule has 144 valence electrons. The first-order chi connectivity index (χ1) is 13.7. The van der Waals surface area contributed by atoms with E-state index in [0.29, 0.717) is 24.6 Å². The summed E-state index contributed by atoms with van der Waals surface area (Å²) in [6, 6.07) is 19.7. The summed E-state index contributed by atoms with van der Waals surface area (Å²) in [7, 11) is 0. The maximum absolute atomic E-state index is 12.3. The van der Waals surface area contributed by atoms with Crippen LogP contribution in [0.15, 0.2) is 67.0 Å². The minimum atomic E-state index is -0.187. The Morgan fingerprint density at radius 3 is 2.54 bits per heavy atom. The summed E-state index contributed by atoms with van der Waals surface area (Å²) < 4.78 is 0. The van der Waals surface area contributed by atoms with E-state index in [0.717, 1.165) is 29.8 Å². The second kappa shape index (κ2) is 10.4. The first kappa shape index (κ1) is 19.8. The van der Waals surface area contributed by atoms with Crippen LogP contribution in [0.25, 0.3) is 0 Å². The van der Waals surface area contributed by atoms with Gasteiger partial charge in [0, 0.05) is 24.2 Å². The van der Waals surface area contributed by atoms with E-state index in [1.54, 1.807) is 6.07 Å². The number of carbonyl (C=O) groups is 1. The smallest absolute Gasteiger partial charge is 0.270 e. The summed E-state index contributed by atoms with van der Waals surface area (Å²) in [6.07, 6.45) is 4.03. The summed E-state index contributed by atoms with van der Waals surface area (Å²) >= 11 is 6.00. The number of carbonyl (C=O) groups excluding carboxylic acids is 1. The fourth-order valence-corrected chi connectivity index (χ4v) is 3.05. The highest BCUT2D eigenvalue weighted by atomic mass is 35.5. The zero-order chi connectivity index (χ0) is 19.6. The molecular weight excluding hydrogens is 372 g/mol. The quantitative estimate of drug-likeness (QED) is 0.535. The SMILES string of the molecule is O=C(NCCCc1ccccc1)c1cc(NCCc2cccc(Cl)c2)ncn1. The van der Waals surface area contributed by atoms with E-state index >= 15 is 0 Å². The van der Waals surface area contributed by atoms with Gasteiger partial charge in [0.25, 0.3) is 5.91 Å². The fraction of sp³-hybridized carbons (Fsp3) is 0.227. The maximum atomic E-state index is 12.3. The van der Waals surface area contributed by atoms with Gasteiger partial charge in [-0.05, 0) is 42.5 Å². The lowest BCUT2D eigenvalue weighted by Gasteiger charge is -2.08. The van der Waals surface area contributed by atoms with E-state index in [4.69, 9.17) is 11.6 Å². The summed E-state index contributed by atoms with van der Waals surface area (Å²) in [5.74, 6) is 0.444. The van der Waals surface area contributed by atoms with Crippen molar-refractivity contribution in [3.05, 3.63) is 88.8 Å². The summed E-state index contributed by atoms with van der Waals surface area (Å²) in [5, 5.41) is 6.86. The summed E-state index contributed by atoms with van der Waals surface area (Å²) in [5.41, 5.74) is 2.77. The largest absolute Gasteiger partial charge is 0.370 e. The number of aromatic nitrogens is 2. The summed E-state index contributed by atoms with van der Waals surface area (Å²) in [4.78, 5) is 20.5. The van der Waals surface area contributed by atoms with Gasteiger partial charge in [0.15, 0.2) is 0 Å². The van der Waals surface area contributed by atoms with Crippen LogP contribution in [0.3, 0.4) is 0 Å². The van der Waals surface area contributed by atoms with Gasteiger partial charge < -0.3 is 10.6 Å². The molecule has 0 aliphatic heterocycles. The van der Waals surface area contributed by atoms with Crippen LogP contribution in [-0.4, -0.2) is 29.0 Å². The molecule has 0 fully saturated rings. The Kier molecular flexibility index (Phi) is 7.38. The fourth-order valence-electron chi connectivity index (χ4n) is 2.84. The third kappa shape index (κ3) is 6.35. The van der Waals surface area contributed by atoms with Gasteiger partial charge in [-0.25, -0.2) is 9.97 Å². The molecule has 6 heteroatoms. The Morgan fingerprint density at radius 2 is 1.71 bits per heavy atom. The highest BCUT2D eigenvalue weighted by Crippen LogP contribution is 2.11. The van der Waals surface area contributed by atoms with Crippen molar-refractivity contribution in [3.8, 4) is 0 Å². The molecule has 0 atom stereocenters. The van der Waals surface area contributed by atoms with Crippen LogP contribution in [0.4, 0.5) is 5.82 Å². The standard InChI is InChI=1S/C22H23ClN4O/c23-19-10-4-8-18(14-19)11-13-24-21-15-20(26-16-27-21)22(28)25-12-5-9-17-6-2-1-3-7-17/h1-4,6-8,10,14-16H,5,9,11-13H2,(H,25,28)(H,24,26,27). The number of aryl methyl sites for hydroxylation is 1. The third-order valence-electron chi connectivity index (χ3n) is 4.28. The van der Waals surface area contributed by atoms with E-state index < -0.39 is 0 Å². The predicted molar refractivity (Wildman–Crippen MR) is 113 cm³/mol. The molecule has 2 N–H and O–H groups in total. The Labute approximate surface area is 170 Å². The van der Waals surface area contributed by atoms with Crippen molar-refractivity contribution in [2.75, 3.05) is 18.4 Å². The molecule has 2 aromatic carbocycles. The lowest BCUT2D eigenvalue weighted by atomic mass is 10.1. The first-order valence-corrected chi connectivity index (χ1v) is 9.71. The number of rotatable bonds is 9. The molecular formula is C22H23ClN4O. The van der Waals surface area contributed by atoms with Crippen molar-refractivity contribution in [2.45, 2.75) is 19.3 Å². The van der Waals surface area contributed by atoms with Crippen LogP contribution >= 0.6 is 11.6 Å². The van der Waals surface area contributed by atoms with Gasteiger partial charge in [-0.3, -0.25) is 4.79 Å². The van der Waals surface area contributed by atoms with Crippen LogP contribution in [0.2, 0.25) is 5.02 Å². The minimum absolute atomic E-state index is 0.187. The van der Waals surface area contributed by atoms with Crippen molar-refractivity contribution < 1.29 is 4.79 Å². The van der Waals surface area contributed by atoms with Gasteiger partial charge in [-0.1, -0.05) is 54.1 Å². The number of nitrogens with one attached hydrogen (secondary N) is 2. The number of halogens is 1. The molecule has 1 heterocycles. The lowest BCUT2D eigenvalue weighted by molar-refractivity contribution is 0.0948. The van der Waals surface area contributed by atoms with Crippen LogP contribution in [0.1, 0.15) is 28.0 Å². The number of anilines is 1. The molecule has 5 nitrogen and oxygen atoms in total. The molecule has 28 heavy (non-hydrogen) atoms. The highest BCUT2D eigenvalue weighted by molar-refractivity contribution is 6.30. The summed E-state index contributed by atoms with van der Waals surface area (Å²) in [6.45, 7) is 1.30. The normalized spacial score (nSPS) is 10.5. The van der Waals surface area contributed by atoms with E-state index in [1.165, 1.54) is 11.9 Å². The number of benzene rings is 2. The predicted octanol–water partition coefficient (Wildman–Crippen LogP) is 4.15. The van der Waals surface area contributed by atoms with Crippen molar-refractivity contribution in [2.24, 2.45) is 0 Å². The number of hydrogen-bond donors (Lipinski definition) is 2. The second-order valence-corrected chi connectivity index (χ2v) is 6.88. The van der Waals surface area contributed by atoms with Crippen molar-refractivity contribution in [1.29, 1.82) is 0 Å². The number of nitrogens with zero attached hydrogens (tertiary/aromatic N) is 2. The lowest BCUT2D eigenvalue weighted by Crippen LogP contribution is -2.26. The molecule has 3 rings (SSSR count). The van der Waals surface area contributed by atoms with Crippen molar-refractivity contribution in [3.63, 3.8) is 0 Å². The Morgan fingerprint density at radius 1 is 0.893 bits per heavy atom. The van der Waals surface area contributed by atoms with Gasteiger partial charge in [-0.2, -0.15) is 0 Å². The molecule has 0 aliphatic rings. The van der Waals surface area contributed by atoms with Crippen LogP contribution in [0.5, 0.6) is 0 Å². The monoisotopic (exact) mass is 394 g/mol. The Hall–Kier alpha value is -2.92. The highest BCUT2D eigenvalue weighted by Gasteiger charge is 2.08. The van der Waals surface area contributed by atoms with Crippen molar-refractivity contribution in [1.82, 2.24) is 15.3 Å². The molecule has 0 saturated carbocycles. The van der Waals surface area contributed by atoms with Gasteiger partial charge in [0.2, 0.25) is 0 Å². The number of hydrogen-bond acceptors (Lipinski definition) is 4. The van der Waals surface area contributed by atoms with Crippen LogP contribution in [0, 0.1) is 0 Å². The molecule has 0 saturated heterocycles. The molecule has 1 amide bonds.